The zero-order chi connectivity index (χ0) is 21.3. The highest BCUT2D eigenvalue weighted by Gasteiger charge is 2.54. The summed E-state index contributed by atoms with van der Waals surface area (Å²) in [5.74, 6) is 0.498. The minimum Gasteiger partial charge on any atom is -0.355 e. The van der Waals surface area contributed by atoms with Crippen LogP contribution in [0.1, 0.15) is 67.6 Å². The van der Waals surface area contributed by atoms with E-state index in [1.165, 1.54) is 30.4 Å². The van der Waals surface area contributed by atoms with Gasteiger partial charge in [-0.05, 0) is 48.9 Å². The van der Waals surface area contributed by atoms with Crippen LogP contribution in [0.15, 0.2) is 54.6 Å². The molecule has 2 aliphatic heterocycles. The van der Waals surface area contributed by atoms with E-state index in [0.29, 0.717) is 0 Å². The zero-order valence-corrected chi connectivity index (χ0v) is 18.1. The molecule has 31 heavy (non-hydrogen) atoms. The van der Waals surface area contributed by atoms with E-state index in [1.807, 2.05) is 18.2 Å². The average Bonchev–Trinajstić information content (AvgIpc) is 3.15. The molecule has 5 rings (SSSR count). The molecule has 2 saturated heterocycles. The number of nitrogens with one attached hydrogen (secondary N) is 1. The monoisotopic (exact) mass is 413 g/mol. The molecule has 0 aromatic heterocycles. The van der Waals surface area contributed by atoms with Gasteiger partial charge >= 0.3 is 0 Å². The van der Waals surface area contributed by atoms with Gasteiger partial charge in [0.15, 0.2) is 0 Å². The Morgan fingerprint density at radius 1 is 0.935 bits per heavy atom. The van der Waals surface area contributed by atoms with Crippen LogP contribution in [0, 0.1) is 16.7 Å². The first kappa shape index (κ1) is 20.3. The third kappa shape index (κ3) is 3.36. The number of carbonyl (C=O) groups is 1. The van der Waals surface area contributed by atoms with Gasteiger partial charge in [-0.25, -0.2) is 0 Å². The highest BCUT2D eigenvalue weighted by Crippen LogP contribution is 2.51. The Balaban J connectivity index is 1.43. The second-order valence-electron chi connectivity index (χ2n) is 9.60. The summed E-state index contributed by atoms with van der Waals surface area (Å²) in [4.78, 5) is 15.7. The summed E-state index contributed by atoms with van der Waals surface area (Å²) in [7, 11) is 0. The Hall–Kier alpha value is -2.64. The highest BCUT2D eigenvalue weighted by atomic mass is 16.2. The number of hydrogen-bond acceptors (Lipinski definition) is 3. The smallest absolute Gasteiger partial charge is 0.227 e. The summed E-state index contributed by atoms with van der Waals surface area (Å²) in [6.07, 6.45) is 7.83. The van der Waals surface area contributed by atoms with Crippen LogP contribution in [0.4, 0.5) is 0 Å². The predicted octanol–water partition coefficient (Wildman–Crippen LogP) is 4.71. The number of rotatable bonds is 3. The Labute approximate surface area is 185 Å². The average molecular weight is 414 g/mol. The van der Waals surface area contributed by atoms with Gasteiger partial charge in [-0.3, -0.25) is 9.69 Å². The molecule has 0 bridgehead atoms. The summed E-state index contributed by atoms with van der Waals surface area (Å²) in [5.41, 5.74) is 3.03. The van der Waals surface area contributed by atoms with Gasteiger partial charge in [0, 0.05) is 31.1 Å². The summed E-state index contributed by atoms with van der Waals surface area (Å²) in [6, 6.07) is 21.1. The second kappa shape index (κ2) is 8.13. The van der Waals surface area contributed by atoms with Crippen molar-refractivity contribution >= 4 is 5.91 Å². The number of nitrogens with zero attached hydrogens (tertiary/aromatic N) is 2. The molecule has 1 amide bonds. The van der Waals surface area contributed by atoms with Gasteiger partial charge in [-0.15, -0.1) is 0 Å². The number of hydrogen-bond donors (Lipinski definition) is 1. The number of nitriles is 1. The number of carbonyl (C=O) groups excluding carboxylic acids is 1. The normalized spacial score (nSPS) is 25.1. The van der Waals surface area contributed by atoms with Crippen LogP contribution in [0.2, 0.25) is 0 Å². The summed E-state index contributed by atoms with van der Waals surface area (Å²) < 4.78 is 0. The lowest BCUT2D eigenvalue weighted by Crippen LogP contribution is -2.54. The molecule has 0 radical (unpaired) electrons. The van der Waals surface area contributed by atoms with Gasteiger partial charge in [0.05, 0.1) is 17.0 Å². The highest BCUT2D eigenvalue weighted by molar-refractivity contribution is 5.86. The van der Waals surface area contributed by atoms with E-state index in [-0.39, 0.29) is 22.8 Å². The molecule has 1 aliphatic carbocycles. The molecule has 3 fully saturated rings. The molecule has 4 heteroatoms. The summed E-state index contributed by atoms with van der Waals surface area (Å²) in [6.45, 7) is 2.62. The predicted molar refractivity (Wildman–Crippen MR) is 121 cm³/mol. The van der Waals surface area contributed by atoms with Crippen LogP contribution in [-0.4, -0.2) is 30.4 Å². The molecule has 1 spiro atoms. The lowest BCUT2D eigenvalue weighted by atomic mass is 9.66. The number of benzene rings is 2. The number of likely N-dealkylation sites (tertiary alicyclic amines) is 1. The Bertz CT molecular complexity index is 979. The lowest BCUT2D eigenvalue weighted by Gasteiger charge is -2.52. The Morgan fingerprint density at radius 3 is 2.39 bits per heavy atom. The molecule has 160 valence electrons. The lowest BCUT2D eigenvalue weighted by molar-refractivity contribution is -0.132. The van der Waals surface area contributed by atoms with E-state index in [4.69, 9.17) is 0 Å². The standard InChI is InChI=1S/C27H31N3O/c28-19-21-8-7-11-23(18-21)27(12-5-2-6-13-27)30-16-14-26(15-17-30)24(20-29-25(26)31)22-9-3-1-4-10-22/h1,3-4,7-11,18,24H,2,5-6,12-17,20H2,(H,29,31). The van der Waals surface area contributed by atoms with E-state index in [2.05, 4.69) is 52.7 Å². The van der Waals surface area contributed by atoms with Crippen LogP contribution >= 0.6 is 0 Å². The molecule has 1 N–H and O–H groups in total. The maximum Gasteiger partial charge on any atom is 0.227 e. The fourth-order valence-electron chi connectivity index (χ4n) is 6.56. The second-order valence-corrected chi connectivity index (χ2v) is 9.60. The molecular formula is C27H31N3O. The third-order valence-corrected chi connectivity index (χ3v) is 8.26. The largest absolute Gasteiger partial charge is 0.355 e. The zero-order valence-electron chi connectivity index (χ0n) is 18.1. The first-order valence-electron chi connectivity index (χ1n) is 11.8. The maximum absolute atomic E-state index is 13.1. The van der Waals surface area contributed by atoms with E-state index < -0.39 is 0 Å². The Morgan fingerprint density at radius 2 is 1.68 bits per heavy atom. The van der Waals surface area contributed by atoms with Crippen molar-refractivity contribution in [2.45, 2.75) is 56.4 Å². The minimum atomic E-state index is -0.289. The van der Waals surface area contributed by atoms with Gasteiger partial charge in [0.2, 0.25) is 5.91 Å². The fourth-order valence-corrected chi connectivity index (χ4v) is 6.56. The summed E-state index contributed by atoms with van der Waals surface area (Å²) >= 11 is 0. The molecule has 1 unspecified atom stereocenters. The molecule has 2 aromatic carbocycles. The van der Waals surface area contributed by atoms with Crippen molar-refractivity contribution in [3.63, 3.8) is 0 Å². The SMILES string of the molecule is N#Cc1cccc(C2(N3CCC4(CC3)C(=O)NCC4c3ccccc3)CCCCC2)c1. The molecule has 2 heterocycles. The van der Waals surface area contributed by atoms with Crippen LogP contribution in [0.3, 0.4) is 0 Å². The van der Waals surface area contributed by atoms with Gasteiger partial charge in [-0.1, -0.05) is 61.7 Å². The van der Waals surface area contributed by atoms with Gasteiger partial charge < -0.3 is 5.32 Å². The van der Waals surface area contributed by atoms with E-state index in [1.54, 1.807) is 0 Å². The van der Waals surface area contributed by atoms with Gasteiger partial charge in [0.1, 0.15) is 0 Å². The topological polar surface area (TPSA) is 56.1 Å². The van der Waals surface area contributed by atoms with Crippen LogP contribution in [0.5, 0.6) is 0 Å². The van der Waals surface area contributed by atoms with Crippen LogP contribution < -0.4 is 5.32 Å². The number of amides is 1. The van der Waals surface area contributed by atoms with Crippen molar-refractivity contribution in [2.75, 3.05) is 19.6 Å². The fraction of sp³-hybridized carbons (Fsp3) is 0.481. The van der Waals surface area contributed by atoms with Crippen molar-refractivity contribution in [2.24, 2.45) is 5.41 Å². The maximum atomic E-state index is 13.1. The number of piperidine rings is 1. The Kier molecular flexibility index (Phi) is 5.32. The van der Waals surface area contributed by atoms with Gasteiger partial charge in [0.25, 0.3) is 0 Å². The minimum absolute atomic E-state index is 0.00401. The quantitative estimate of drug-likeness (QED) is 0.793. The van der Waals surface area contributed by atoms with Crippen molar-refractivity contribution in [3.8, 4) is 6.07 Å². The van der Waals surface area contributed by atoms with E-state index in [9.17, 15) is 10.1 Å². The first-order valence-corrected chi connectivity index (χ1v) is 11.8. The van der Waals surface area contributed by atoms with E-state index in [0.717, 1.165) is 50.9 Å². The molecule has 1 atom stereocenters. The van der Waals surface area contributed by atoms with Gasteiger partial charge in [-0.2, -0.15) is 5.26 Å². The van der Waals surface area contributed by atoms with Crippen LogP contribution in [0.25, 0.3) is 0 Å². The molecular weight excluding hydrogens is 382 g/mol. The van der Waals surface area contributed by atoms with Crippen molar-refractivity contribution in [1.82, 2.24) is 10.2 Å². The van der Waals surface area contributed by atoms with Crippen molar-refractivity contribution < 1.29 is 4.79 Å². The van der Waals surface area contributed by atoms with E-state index >= 15 is 0 Å². The third-order valence-electron chi connectivity index (χ3n) is 8.26. The molecule has 1 saturated carbocycles. The molecule has 4 nitrogen and oxygen atoms in total. The van der Waals surface area contributed by atoms with Crippen LogP contribution in [-0.2, 0) is 10.3 Å². The van der Waals surface area contributed by atoms with Crippen molar-refractivity contribution in [3.05, 3.63) is 71.3 Å². The van der Waals surface area contributed by atoms with Crippen molar-refractivity contribution in [1.29, 1.82) is 5.26 Å². The molecule has 3 aliphatic rings. The first-order chi connectivity index (χ1) is 15.2. The summed E-state index contributed by atoms with van der Waals surface area (Å²) in [5, 5.41) is 12.6. The molecule has 2 aromatic rings.